The van der Waals surface area contributed by atoms with E-state index in [9.17, 15) is 8.78 Å². The van der Waals surface area contributed by atoms with Crippen molar-refractivity contribution in [2.24, 2.45) is 5.73 Å². The first-order valence-electron chi connectivity index (χ1n) is 8.34. The third-order valence-electron chi connectivity index (χ3n) is 4.16. The highest BCUT2D eigenvalue weighted by Crippen LogP contribution is 2.49. The summed E-state index contributed by atoms with van der Waals surface area (Å²) in [6.07, 6.45) is 1.45. The number of nitrogens with two attached hydrogens (primary N) is 1. The maximum absolute atomic E-state index is 14.5. The van der Waals surface area contributed by atoms with Gasteiger partial charge in [-0.1, -0.05) is 0 Å². The molecule has 2 N–H and O–H groups in total. The lowest BCUT2D eigenvalue weighted by molar-refractivity contribution is 0.279. The van der Waals surface area contributed by atoms with Gasteiger partial charge < -0.3 is 10.5 Å². The number of hydrogen-bond donors (Lipinski definition) is 1. The van der Waals surface area contributed by atoms with E-state index in [4.69, 9.17) is 10.5 Å². The summed E-state index contributed by atoms with van der Waals surface area (Å²) in [6.45, 7) is 4.12. The number of benzene rings is 1. The second-order valence-electron chi connectivity index (χ2n) is 6.55. The van der Waals surface area contributed by atoms with E-state index in [1.54, 1.807) is 28.9 Å². The SMILES string of the molecule is CC(C)n1nc(-c2ccc(OC/C(=C/F)CN)cc2)nc1C1(F)CC1. The van der Waals surface area contributed by atoms with E-state index in [1.165, 1.54) is 0 Å². The van der Waals surface area contributed by atoms with Gasteiger partial charge in [0.15, 0.2) is 17.3 Å². The zero-order valence-corrected chi connectivity index (χ0v) is 14.4. The molecule has 7 heteroatoms. The van der Waals surface area contributed by atoms with Crippen molar-refractivity contribution in [2.75, 3.05) is 13.2 Å². The summed E-state index contributed by atoms with van der Waals surface area (Å²) < 4.78 is 34.1. The van der Waals surface area contributed by atoms with Crippen LogP contribution < -0.4 is 10.5 Å². The van der Waals surface area contributed by atoms with Gasteiger partial charge >= 0.3 is 0 Å². The first-order valence-corrected chi connectivity index (χ1v) is 8.34. The maximum Gasteiger partial charge on any atom is 0.181 e. The van der Waals surface area contributed by atoms with Crippen LogP contribution in [0.5, 0.6) is 5.75 Å². The summed E-state index contributed by atoms with van der Waals surface area (Å²) in [5.74, 6) is 1.48. The minimum Gasteiger partial charge on any atom is -0.489 e. The number of hydrogen-bond acceptors (Lipinski definition) is 4. The van der Waals surface area contributed by atoms with Crippen molar-refractivity contribution in [3.63, 3.8) is 0 Å². The van der Waals surface area contributed by atoms with Gasteiger partial charge in [-0.25, -0.2) is 18.4 Å². The molecule has 2 aromatic rings. The van der Waals surface area contributed by atoms with Crippen LogP contribution in [0, 0.1) is 0 Å². The van der Waals surface area contributed by atoms with E-state index in [0.29, 0.717) is 42.1 Å². The lowest BCUT2D eigenvalue weighted by Gasteiger charge is -2.10. The molecule has 3 rings (SSSR count). The van der Waals surface area contributed by atoms with Gasteiger partial charge in [-0.15, -0.1) is 0 Å². The molecule has 1 aromatic heterocycles. The van der Waals surface area contributed by atoms with Gasteiger partial charge in [0.05, 0.1) is 6.33 Å². The molecular weight excluding hydrogens is 326 g/mol. The van der Waals surface area contributed by atoms with Gasteiger partial charge in [0.2, 0.25) is 0 Å². The second kappa shape index (κ2) is 6.92. The zero-order chi connectivity index (χ0) is 18.0. The van der Waals surface area contributed by atoms with E-state index in [1.807, 2.05) is 13.8 Å². The lowest BCUT2D eigenvalue weighted by Crippen LogP contribution is -2.13. The highest BCUT2D eigenvalue weighted by atomic mass is 19.1. The molecule has 0 unspecified atom stereocenters. The Balaban J connectivity index is 1.78. The van der Waals surface area contributed by atoms with Gasteiger partial charge in [-0.3, -0.25) is 0 Å². The third kappa shape index (κ3) is 3.71. The molecule has 0 bridgehead atoms. The van der Waals surface area contributed by atoms with Crippen LogP contribution in [0.15, 0.2) is 36.2 Å². The summed E-state index contributed by atoms with van der Waals surface area (Å²) in [5.41, 5.74) is 5.21. The Morgan fingerprint density at radius 2 is 2.04 bits per heavy atom. The summed E-state index contributed by atoms with van der Waals surface area (Å²) in [7, 11) is 0. The molecule has 1 aromatic carbocycles. The Morgan fingerprint density at radius 1 is 1.36 bits per heavy atom. The van der Waals surface area contributed by atoms with Crippen molar-refractivity contribution in [2.45, 2.75) is 38.4 Å². The fourth-order valence-electron chi connectivity index (χ4n) is 2.46. The predicted octanol–water partition coefficient (Wildman–Crippen LogP) is 3.68. The topological polar surface area (TPSA) is 66.0 Å². The Morgan fingerprint density at radius 3 is 2.56 bits per heavy atom. The smallest absolute Gasteiger partial charge is 0.181 e. The molecule has 1 aliphatic carbocycles. The van der Waals surface area contributed by atoms with Crippen molar-refractivity contribution in [1.29, 1.82) is 0 Å². The fraction of sp³-hybridized carbons (Fsp3) is 0.444. The summed E-state index contributed by atoms with van der Waals surface area (Å²) in [5, 5.41) is 4.47. The molecule has 134 valence electrons. The third-order valence-corrected chi connectivity index (χ3v) is 4.16. The Hall–Kier alpha value is -2.28. The molecule has 1 aliphatic rings. The van der Waals surface area contributed by atoms with Gasteiger partial charge in [0, 0.05) is 23.7 Å². The van der Waals surface area contributed by atoms with Crippen LogP contribution in [0.2, 0.25) is 0 Å². The minimum absolute atomic E-state index is 0.0363. The predicted molar refractivity (Wildman–Crippen MR) is 91.6 cm³/mol. The monoisotopic (exact) mass is 348 g/mol. The maximum atomic E-state index is 14.5. The van der Waals surface area contributed by atoms with Crippen molar-refractivity contribution < 1.29 is 13.5 Å². The number of rotatable bonds is 7. The number of aromatic nitrogens is 3. The quantitative estimate of drug-likeness (QED) is 0.829. The first kappa shape index (κ1) is 17.5. The highest BCUT2D eigenvalue weighted by Gasteiger charge is 2.49. The fourth-order valence-corrected chi connectivity index (χ4v) is 2.46. The molecular formula is C18H22F2N4O. The molecule has 1 fully saturated rings. The molecule has 0 saturated heterocycles. The zero-order valence-electron chi connectivity index (χ0n) is 14.4. The van der Waals surface area contributed by atoms with Crippen LogP contribution in [0.1, 0.15) is 38.6 Å². The van der Waals surface area contributed by atoms with E-state index >= 15 is 0 Å². The van der Waals surface area contributed by atoms with E-state index in [0.717, 1.165) is 5.56 Å². The first-order chi connectivity index (χ1) is 12.0. The van der Waals surface area contributed by atoms with Crippen LogP contribution >= 0.6 is 0 Å². The normalized spacial score (nSPS) is 16.3. The summed E-state index contributed by atoms with van der Waals surface area (Å²) in [4.78, 5) is 4.43. The molecule has 0 aliphatic heterocycles. The number of ether oxygens (including phenoxy) is 1. The second-order valence-corrected chi connectivity index (χ2v) is 6.55. The molecule has 0 amide bonds. The molecule has 0 atom stereocenters. The minimum atomic E-state index is -1.34. The van der Waals surface area contributed by atoms with Crippen LogP contribution in [-0.2, 0) is 5.67 Å². The van der Waals surface area contributed by atoms with Crippen LogP contribution in [0.4, 0.5) is 8.78 Å². The Kier molecular flexibility index (Phi) is 4.85. The van der Waals surface area contributed by atoms with Crippen LogP contribution in [0.3, 0.4) is 0 Å². The standard InChI is InChI=1S/C18H22F2N4O/c1-12(2)24-17(18(20)7-8-18)22-16(23-24)14-3-5-15(6-4-14)25-11-13(9-19)10-21/h3-6,9,12H,7-8,10-11,21H2,1-2H3/b13-9+. The average Bonchev–Trinajstić information content (AvgIpc) is 3.19. The lowest BCUT2D eigenvalue weighted by atomic mass is 10.2. The van der Waals surface area contributed by atoms with Crippen molar-refractivity contribution in [3.05, 3.63) is 42.0 Å². The Bertz CT molecular complexity index is 764. The average molecular weight is 348 g/mol. The van der Waals surface area contributed by atoms with Crippen molar-refractivity contribution >= 4 is 0 Å². The van der Waals surface area contributed by atoms with E-state index < -0.39 is 5.67 Å². The van der Waals surface area contributed by atoms with Crippen molar-refractivity contribution in [1.82, 2.24) is 14.8 Å². The van der Waals surface area contributed by atoms with Crippen molar-refractivity contribution in [3.8, 4) is 17.1 Å². The van der Waals surface area contributed by atoms with Gasteiger partial charge in [-0.2, -0.15) is 5.10 Å². The largest absolute Gasteiger partial charge is 0.489 e. The molecule has 25 heavy (non-hydrogen) atoms. The van der Waals surface area contributed by atoms with Crippen LogP contribution in [0.25, 0.3) is 11.4 Å². The number of halogens is 2. The van der Waals surface area contributed by atoms with Gasteiger partial charge in [0.1, 0.15) is 12.4 Å². The van der Waals surface area contributed by atoms with Crippen LogP contribution in [-0.4, -0.2) is 27.9 Å². The molecule has 0 spiro atoms. The van der Waals surface area contributed by atoms with Gasteiger partial charge in [-0.05, 0) is 51.0 Å². The highest BCUT2D eigenvalue weighted by molar-refractivity contribution is 5.56. The molecule has 1 saturated carbocycles. The molecule has 1 heterocycles. The Labute approximate surface area is 145 Å². The van der Waals surface area contributed by atoms with E-state index in [2.05, 4.69) is 10.1 Å². The molecule has 5 nitrogen and oxygen atoms in total. The summed E-state index contributed by atoms with van der Waals surface area (Å²) in [6, 6.07) is 7.14. The molecule has 0 radical (unpaired) electrons. The summed E-state index contributed by atoms with van der Waals surface area (Å²) >= 11 is 0. The number of nitrogens with zero attached hydrogens (tertiary/aromatic N) is 3. The van der Waals surface area contributed by atoms with E-state index in [-0.39, 0.29) is 19.2 Å². The number of alkyl halides is 1. The van der Waals surface area contributed by atoms with Gasteiger partial charge in [0.25, 0.3) is 0 Å².